The smallest absolute Gasteiger partial charge is 0.323 e. The van der Waals surface area contributed by atoms with Crippen molar-refractivity contribution in [3.63, 3.8) is 0 Å². The van der Waals surface area contributed by atoms with E-state index in [-0.39, 0.29) is 36.6 Å². The first kappa shape index (κ1) is 18.1. The Labute approximate surface area is 130 Å². The summed E-state index contributed by atoms with van der Waals surface area (Å²) in [5.74, 6) is -1.44. The van der Waals surface area contributed by atoms with Crippen LogP contribution in [0.5, 0.6) is 0 Å². The summed E-state index contributed by atoms with van der Waals surface area (Å²) in [7, 11) is 0. The molecule has 0 heterocycles. The maximum absolute atomic E-state index is 13.2. The summed E-state index contributed by atoms with van der Waals surface area (Å²) in [5.41, 5.74) is 0.841. The van der Waals surface area contributed by atoms with Crippen LogP contribution < -0.4 is 0 Å². The molecule has 22 heavy (non-hydrogen) atoms. The highest BCUT2D eigenvalue weighted by Crippen LogP contribution is 2.16. The van der Waals surface area contributed by atoms with Gasteiger partial charge in [-0.05, 0) is 43.4 Å². The highest BCUT2D eigenvalue weighted by Gasteiger charge is 2.23. The quantitative estimate of drug-likeness (QED) is 0.802. The van der Waals surface area contributed by atoms with Crippen LogP contribution in [0.1, 0.15) is 39.2 Å². The summed E-state index contributed by atoms with van der Waals surface area (Å²) >= 11 is 0. The van der Waals surface area contributed by atoms with Gasteiger partial charge in [-0.2, -0.15) is 0 Å². The second kappa shape index (κ2) is 8.51. The molecular weight excluding hydrogens is 285 g/mol. The first-order chi connectivity index (χ1) is 10.3. The van der Waals surface area contributed by atoms with Crippen LogP contribution in [-0.4, -0.2) is 34.5 Å². The van der Waals surface area contributed by atoms with Crippen LogP contribution in [0, 0.1) is 11.7 Å². The van der Waals surface area contributed by atoms with Crippen molar-refractivity contribution in [3.8, 4) is 0 Å². The molecule has 1 aromatic carbocycles. The molecule has 0 aliphatic heterocycles. The second-order valence-electron chi connectivity index (χ2n) is 5.82. The third-order valence-corrected chi connectivity index (χ3v) is 3.75. The molecule has 1 aromatic rings. The van der Waals surface area contributed by atoms with Gasteiger partial charge in [-0.15, -0.1) is 0 Å². The van der Waals surface area contributed by atoms with Gasteiger partial charge in [0.2, 0.25) is 5.91 Å². The van der Waals surface area contributed by atoms with E-state index in [2.05, 4.69) is 0 Å². The Kier molecular flexibility index (Phi) is 7.02. The predicted molar refractivity (Wildman–Crippen MR) is 83.0 cm³/mol. The highest BCUT2D eigenvalue weighted by atomic mass is 19.1. The minimum atomic E-state index is -1.01. The third-order valence-electron chi connectivity index (χ3n) is 3.75. The van der Waals surface area contributed by atoms with E-state index < -0.39 is 5.97 Å². The summed E-state index contributed by atoms with van der Waals surface area (Å²) in [6.45, 7) is 5.40. The summed E-state index contributed by atoms with van der Waals surface area (Å²) < 4.78 is 13.2. The van der Waals surface area contributed by atoms with E-state index in [0.29, 0.717) is 12.8 Å². The maximum atomic E-state index is 13.2. The molecule has 0 bridgehead atoms. The van der Waals surface area contributed by atoms with Crippen molar-refractivity contribution in [2.24, 2.45) is 5.92 Å². The molecule has 0 saturated heterocycles. The topological polar surface area (TPSA) is 57.6 Å². The van der Waals surface area contributed by atoms with Crippen molar-refractivity contribution in [3.05, 3.63) is 35.6 Å². The van der Waals surface area contributed by atoms with Crippen molar-refractivity contribution < 1.29 is 19.1 Å². The number of hydrogen-bond acceptors (Lipinski definition) is 2. The van der Waals surface area contributed by atoms with Crippen LogP contribution in [0.15, 0.2) is 24.3 Å². The number of halogens is 1. The number of rotatable bonds is 8. The van der Waals surface area contributed by atoms with Crippen LogP contribution >= 0.6 is 0 Å². The van der Waals surface area contributed by atoms with Gasteiger partial charge in [-0.25, -0.2) is 4.39 Å². The van der Waals surface area contributed by atoms with E-state index >= 15 is 0 Å². The van der Waals surface area contributed by atoms with Crippen LogP contribution in [0.3, 0.4) is 0 Å². The Balaban J connectivity index is 2.65. The van der Waals surface area contributed by atoms with Crippen LogP contribution in [-0.2, 0) is 16.0 Å². The minimum Gasteiger partial charge on any atom is -0.480 e. The van der Waals surface area contributed by atoms with E-state index in [4.69, 9.17) is 5.11 Å². The molecule has 0 spiro atoms. The molecule has 0 aliphatic rings. The largest absolute Gasteiger partial charge is 0.480 e. The standard InChI is InChI=1S/C17H24FNO3/c1-4-13(3)19(11-17(21)22)16(20)9-12(2)8-14-6-5-7-15(18)10-14/h5-7,10,12-13H,4,8-9,11H2,1-3H3,(H,21,22). The fourth-order valence-corrected chi connectivity index (χ4v) is 2.41. The lowest BCUT2D eigenvalue weighted by Gasteiger charge is -2.28. The molecule has 1 amide bonds. The van der Waals surface area contributed by atoms with Gasteiger partial charge in [0.05, 0.1) is 0 Å². The summed E-state index contributed by atoms with van der Waals surface area (Å²) in [4.78, 5) is 24.7. The normalized spacial score (nSPS) is 13.5. The number of benzene rings is 1. The molecule has 0 fully saturated rings. The van der Waals surface area contributed by atoms with Crippen LogP contribution in [0.4, 0.5) is 4.39 Å². The van der Waals surface area contributed by atoms with Gasteiger partial charge in [0.15, 0.2) is 0 Å². The fraction of sp³-hybridized carbons (Fsp3) is 0.529. The Morgan fingerprint density at radius 1 is 1.32 bits per heavy atom. The van der Waals surface area contributed by atoms with Gasteiger partial charge in [0.1, 0.15) is 12.4 Å². The van der Waals surface area contributed by atoms with Crippen molar-refractivity contribution >= 4 is 11.9 Å². The number of aliphatic carboxylic acids is 1. The van der Waals surface area contributed by atoms with E-state index in [0.717, 1.165) is 5.56 Å². The molecule has 0 aliphatic carbocycles. The zero-order valence-corrected chi connectivity index (χ0v) is 13.4. The van der Waals surface area contributed by atoms with E-state index in [9.17, 15) is 14.0 Å². The number of amides is 1. The van der Waals surface area contributed by atoms with E-state index in [1.54, 1.807) is 6.07 Å². The molecule has 0 aromatic heterocycles. The molecule has 2 atom stereocenters. The molecular formula is C17H24FNO3. The van der Waals surface area contributed by atoms with Gasteiger partial charge in [0.25, 0.3) is 0 Å². The van der Waals surface area contributed by atoms with Gasteiger partial charge in [-0.3, -0.25) is 9.59 Å². The first-order valence-electron chi connectivity index (χ1n) is 7.59. The molecule has 2 unspecified atom stereocenters. The molecule has 122 valence electrons. The summed E-state index contributed by atoms with van der Waals surface area (Å²) in [6, 6.07) is 6.22. The number of carbonyl (C=O) groups is 2. The zero-order chi connectivity index (χ0) is 16.7. The van der Waals surface area contributed by atoms with Crippen molar-refractivity contribution in [1.82, 2.24) is 4.90 Å². The van der Waals surface area contributed by atoms with E-state index in [1.807, 2.05) is 26.8 Å². The lowest BCUT2D eigenvalue weighted by atomic mass is 9.97. The van der Waals surface area contributed by atoms with Crippen molar-refractivity contribution in [2.45, 2.75) is 46.1 Å². The number of hydrogen-bond donors (Lipinski definition) is 1. The van der Waals surface area contributed by atoms with Crippen LogP contribution in [0.25, 0.3) is 0 Å². The van der Waals surface area contributed by atoms with Gasteiger partial charge in [0, 0.05) is 12.5 Å². The van der Waals surface area contributed by atoms with Crippen molar-refractivity contribution in [2.75, 3.05) is 6.54 Å². The monoisotopic (exact) mass is 309 g/mol. The predicted octanol–water partition coefficient (Wildman–Crippen LogP) is 3.11. The average molecular weight is 309 g/mol. The molecule has 1 N–H and O–H groups in total. The summed E-state index contributed by atoms with van der Waals surface area (Å²) in [5, 5.41) is 8.94. The Hall–Kier alpha value is -1.91. The first-order valence-corrected chi connectivity index (χ1v) is 7.59. The SMILES string of the molecule is CCC(C)N(CC(=O)O)C(=O)CC(C)Cc1cccc(F)c1. The Bertz CT molecular complexity index is 518. The molecule has 1 rings (SSSR count). The molecule has 4 nitrogen and oxygen atoms in total. The average Bonchev–Trinajstić information content (AvgIpc) is 2.43. The molecule has 0 saturated carbocycles. The Morgan fingerprint density at radius 2 is 2.00 bits per heavy atom. The lowest BCUT2D eigenvalue weighted by Crippen LogP contribution is -2.42. The number of carbonyl (C=O) groups excluding carboxylic acids is 1. The van der Waals surface area contributed by atoms with Gasteiger partial charge >= 0.3 is 5.97 Å². The molecule has 0 radical (unpaired) electrons. The molecule has 5 heteroatoms. The van der Waals surface area contributed by atoms with Gasteiger partial charge in [-0.1, -0.05) is 26.0 Å². The highest BCUT2D eigenvalue weighted by molar-refractivity contribution is 5.81. The minimum absolute atomic E-state index is 0.0228. The lowest BCUT2D eigenvalue weighted by molar-refractivity contribution is -0.146. The van der Waals surface area contributed by atoms with Crippen molar-refractivity contribution in [1.29, 1.82) is 0 Å². The number of nitrogens with zero attached hydrogens (tertiary/aromatic N) is 1. The van der Waals surface area contributed by atoms with E-state index in [1.165, 1.54) is 17.0 Å². The third kappa shape index (κ3) is 5.84. The fourth-order valence-electron chi connectivity index (χ4n) is 2.41. The summed E-state index contributed by atoms with van der Waals surface area (Å²) in [6.07, 6.45) is 1.55. The second-order valence-corrected chi connectivity index (χ2v) is 5.82. The zero-order valence-electron chi connectivity index (χ0n) is 13.4. The number of carboxylic acids is 1. The Morgan fingerprint density at radius 3 is 2.55 bits per heavy atom. The van der Waals surface area contributed by atoms with Crippen LogP contribution in [0.2, 0.25) is 0 Å². The number of carboxylic acid groups (broad SMARTS) is 1. The maximum Gasteiger partial charge on any atom is 0.323 e. The van der Waals surface area contributed by atoms with Gasteiger partial charge < -0.3 is 10.0 Å².